The fourth-order valence-electron chi connectivity index (χ4n) is 2.73. The number of halogens is 2. The molecule has 1 fully saturated rings. The SMILES string of the molecule is FC1(F)CCN(Cc2cccc3c2NCC3)C1. The van der Waals surface area contributed by atoms with Crippen molar-refractivity contribution in [1.82, 2.24) is 4.90 Å². The number of hydrogen-bond donors (Lipinski definition) is 1. The van der Waals surface area contributed by atoms with Crippen LogP contribution in [-0.2, 0) is 13.0 Å². The minimum absolute atomic E-state index is 0.00451. The molecule has 0 bridgehead atoms. The van der Waals surface area contributed by atoms with Crippen LogP contribution < -0.4 is 5.32 Å². The summed E-state index contributed by atoms with van der Waals surface area (Å²) in [6.45, 7) is 1.99. The van der Waals surface area contributed by atoms with Gasteiger partial charge < -0.3 is 5.32 Å². The fourth-order valence-corrected chi connectivity index (χ4v) is 2.73. The zero-order chi connectivity index (χ0) is 11.9. The van der Waals surface area contributed by atoms with Gasteiger partial charge in [-0.1, -0.05) is 18.2 Å². The molecule has 1 aromatic carbocycles. The van der Waals surface area contributed by atoms with Crippen molar-refractivity contribution in [3.05, 3.63) is 29.3 Å². The standard InChI is InChI=1S/C13H16F2N2/c14-13(15)5-7-17(9-13)8-11-3-1-2-10-4-6-16-12(10)11/h1-3,16H,4-9H2. The first-order valence-electron chi connectivity index (χ1n) is 6.09. The summed E-state index contributed by atoms with van der Waals surface area (Å²) in [4.78, 5) is 1.84. The predicted molar refractivity (Wildman–Crippen MR) is 63.5 cm³/mol. The van der Waals surface area contributed by atoms with Crippen LogP contribution in [0.25, 0.3) is 0 Å². The smallest absolute Gasteiger partial charge is 0.261 e. The van der Waals surface area contributed by atoms with Gasteiger partial charge in [0, 0.05) is 31.7 Å². The number of nitrogens with zero attached hydrogens (tertiary/aromatic N) is 1. The van der Waals surface area contributed by atoms with E-state index < -0.39 is 5.92 Å². The molecule has 0 atom stereocenters. The lowest BCUT2D eigenvalue weighted by molar-refractivity contribution is 0.0115. The van der Waals surface area contributed by atoms with Crippen molar-refractivity contribution in [2.24, 2.45) is 0 Å². The lowest BCUT2D eigenvalue weighted by Gasteiger charge is -2.17. The van der Waals surface area contributed by atoms with Gasteiger partial charge in [0.05, 0.1) is 6.54 Å². The van der Waals surface area contributed by atoms with Crippen molar-refractivity contribution in [2.45, 2.75) is 25.3 Å². The summed E-state index contributed by atoms with van der Waals surface area (Å²) in [6.07, 6.45) is 1.04. The van der Waals surface area contributed by atoms with Gasteiger partial charge in [-0.15, -0.1) is 0 Å². The maximum atomic E-state index is 13.1. The largest absolute Gasteiger partial charge is 0.384 e. The van der Waals surface area contributed by atoms with Crippen molar-refractivity contribution in [3.63, 3.8) is 0 Å². The summed E-state index contributed by atoms with van der Waals surface area (Å²) >= 11 is 0. The molecule has 1 N–H and O–H groups in total. The molecule has 1 saturated heterocycles. The summed E-state index contributed by atoms with van der Waals surface area (Å²) in [5, 5.41) is 3.35. The number of likely N-dealkylation sites (tertiary alicyclic amines) is 1. The van der Waals surface area contributed by atoms with E-state index in [4.69, 9.17) is 0 Å². The van der Waals surface area contributed by atoms with E-state index in [1.54, 1.807) is 0 Å². The molecule has 0 aromatic heterocycles. The lowest BCUT2D eigenvalue weighted by Crippen LogP contribution is -2.25. The molecule has 0 radical (unpaired) electrons. The molecule has 0 amide bonds. The van der Waals surface area contributed by atoms with Crippen molar-refractivity contribution >= 4 is 5.69 Å². The Morgan fingerprint density at radius 1 is 1.35 bits per heavy atom. The third kappa shape index (κ3) is 2.14. The number of fused-ring (bicyclic) bond motifs is 1. The van der Waals surface area contributed by atoms with Crippen LogP contribution in [0.5, 0.6) is 0 Å². The lowest BCUT2D eigenvalue weighted by atomic mass is 10.1. The maximum Gasteiger partial charge on any atom is 0.261 e. The van der Waals surface area contributed by atoms with Crippen LogP contribution in [0.15, 0.2) is 18.2 Å². The van der Waals surface area contributed by atoms with Crippen molar-refractivity contribution in [1.29, 1.82) is 0 Å². The van der Waals surface area contributed by atoms with Gasteiger partial charge in [-0.3, -0.25) is 4.90 Å². The summed E-state index contributed by atoms with van der Waals surface area (Å²) in [7, 11) is 0. The third-order valence-corrected chi connectivity index (χ3v) is 3.58. The molecule has 0 unspecified atom stereocenters. The second kappa shape index (κ2) is 3.95. The zero-order valence-electron chi connectivity index (χ0n) is 9.68. The molecule has 92 valence electrons. The van der Waals surface area contributed by atoms with E-state index in [1.165, 1.54) is 11.3 Å². The second-order valence-electron chi connectivity index (χ2n) is 4.94. The number of alkyl halides is 2. The first-order chi connectivity index (χ1) is 8.14. The molecule has 17 heavy (non-hydrogen) atoms. The Bertz CT molecular complexity index is 431. The highest BCUT2D eigenvalue weighted by Crippen LogP contribution is 2.31. The van der Waals surface area contributed by atoms with Crippen LogP contribution in [0, 0.1) is 0 Å². The summed E-state index contributed by atoms with van der Waals surface area (Å²) in [5.74, 6) is -2.49. The predicted octanol–water partition coefficient (Wildman–Crippen LogP) is 2.50. The number of rotatable bonds is 2. The highest BCUT2D eigenvalue weighted by molar-refractivity contribution is 5.61. The maximum absolute atomic E-state index is 13.1. The minimum Gasteiger partial charge on any atom is -0.384 e. The quantitative estimate of drug-likeness (QED) is 0.851. The highest BCUT2D eigenvalue weighted by Gasteiger charge is 2.38. The molecule has 2 heterocycles. The molecule has 0 aliphatic carbocycles. The minimum atomic E-state index is -2.49. The molecular formula is C13H16F2N2. The molecular weight excluding hydrogens is 222 g/mol. The zero-order valence-corrected chi connectivity index (χ0v) is 9.68. The van der Waals surface area contributed by atoms with Gasteiger partial charge in [0.1, 0.15) is 0 Å². The number of benzene rings is 1. The van der Waals surface area contributed by atoms with E-state index in [-0.39, 0.29) is 13.0 Å². The van der Waals surface area contributed by atoms with Crippen molar-refractivity contribution in [2.75, 3.05) is 25.0 Å². The Morgan fingerprint density at radius 2 is 2.24 bits per heavy atom. The van der Waals surface area contributed by atoms with Gasteiger partial charge in [0.2, 0.25) is 0 Å². The topological polar surface area (TPSA) is 15.3 Å². The van der Waals surface area contributed by atoms with Crippen LogP contribution >= 0.6 is 0 Å². The summed E-state index contributed by atoms with van der Waals surface area (Å²) in [6, 6.07) is 6.17. The Morgan fingerprint density at radius 3 is 3.00 bits per heavy atom. The average Bonchev–Trinajstić information content (AvgIpc) is 2.85. The number of nitrogens with one attached hydrogen (secondary N) is 1. The van der Waals surface area contributed by atoms with Crippen LogP contribution in [0.1, 0.15) is 17.5 Å². The molecule has 2 aliphatic heterocycles. The number of para-hydroxylation sites is 1. The number of hydrogen-bond acceptors (Lipinski definition) is 2. The Labute approximate surface area is 99.6 Å². The summed E-state index contributed by atoms with van der Waals surface area (Å²) in [5.41, 5.74) is 3.63. The second-order valence-corrected chi connectivity index (χ2v) is 4.94. The van der Waals surface area contributed by atoms with Crippen LogP contribution in [0.2, 0.25) is 0 Å². The third-order valence-electron chi connectivity index (χ3n) is 3.58. The van der Waals surface area contributed by atoms with E-state index in [2.05, 4.69) is 11.4 Å². The molecule has 0 saturated carbocycles. The normalized spacial score (nSPS) is 22.5. The van der Waals surface area contributed by atoms with Crippen LogP contribution in [0.4, 0.5) is 14.5 Å². The van der Waals surface area contributed by atoms with Gasteiger partial charge in [-0.2, -0.15) is 0 Å². The number of anilines is 1. The van der Waals surface area contributed by atoms with Gasteiger partial charge in [-0.05, 0) is 17.5 Å². The first kappa shape index (κ1) is 11.0. The van der Waals surface area contributed by atoms with Gasteiger partial charge in [-0.25, -0.2) is 8.78 Å². The summed E-state index contributed by atoms with van der Waals surface area (Å²) < 4.78 is 26.2. The monoisotopic (exact) mass is 238 g/mol. The Balaban J connectivity index is 1.76. The highest BCUT2D eigenvalue weighted by atomic mass is 19.3. The fraction of sp³-hybridized carbons (Fsp3) is 0.538. The van der Waals surface area contributed by atoms with E-state index in [9.17, 15) is 8.78 Å². The van der Waals surface area contributed by atoms with Crippen LogP contribution in [0.3, 0.4) is 0 Å². The van der Waals surface area contributed by atoms with Gasteiger partial charge in [0.15, 0.2) is 0 Å². The van der Waals surface area contributed by atoms with Gasteiger partial charge >= 0.3 is 0 Å². The van der Waals surface area contributed by atoms with E-state index >= 15 is 0 Å². The van der Waals surface area contributed by atoms with E-state index in [0.717, 1.165) is 18.5 Å². The van der Waals surface area contributed by atoms with Crippen LogP contribution in [-0.4, -0.2) is 30.5 Å². The van der Waals surface area contributed by atoms with Gasteiger partial charge in [0.25, 0.3) is 5.92 Å². The van der Waals surface area contributed by atoms with Crippen molar-refractivity contribution in [3.8, 4) is 0 Å². The molecule has 1 aromatic rings. The molecule has 0 spiro atoms. The molecule has 3 rings (SSSR count). The van der Waals surface area contributed by atoms with E-state index in [1.807, 2.05) is 17.0 Å². The molecule has 4 heteroatoms. The molecule has 2 nitrogen and oxygen atoms in total. The average molecular weight is 238 g/mol. The molecule has 2 aliphatic rings. The Kier molecular flexibility index (Phi) is 2.54. The van der Waals surface area contributed by atoms with E-state index in [0.29, 0.717) is 13.1 Å². The first-order valence-corrected chi connectivity index (χ1v) is 6.09. The Hall–Kier alpha value is -1.16. The van der Waals surface area contributed by atoms with Crippen molar-refractivity contribution < 1.29 is 8.78 Å².